The summed E-state index contributed by atoms with van der Waals surface area (Å²) >= 11 is 1.08. The van der Waals surface area contributed by atoms with E-state index in [0.29, 0.717) is 12.2 Å². The van der Waals surface area contributed by atoms with Crippen LogP contribution in [-0.2, 0) is 9.47 Å². The maximum atomic E-state index is 11.5. The van der Waals surface area contributed by atoms with Gasteiger partial charge in [-0.25, -0.2) is 4.79 Å². The van der Waals surface area contributed by atoms with Crippen molar-refractivity contribution in [3.63, 3.8) is 0 Å². The fourth-order valence-electron chi connectivity index (χ4n) is 2.10. The number of aliphatic hydroxyl groups is 2. The van der Waals surface area contributed by atoms with Crippen molar-refractivity contribution in [2.45, 2.75) is 70.6 Å². The SMILES string of the molecule is CCSC(=O)OC1/C=C/C(OC(C)(C)C)CC(O)C(O)C1. The lowest BCUT2D eigenvalue weighted by Gasteiger charge is -2.31. The number of hydrogen-bond acceptors (Lipinski definition) is 6. The minimum atomic E-state index is -0.939. The molecule has 21 heavy (non-hydrogen) atoms. The second kappa shape index (κ2) is 8.17. The van der Waals surface area contributed by atoms with E-state index in [4.69, 9.17) is 9.47 Å². The van der Waals surface area contributed by atoms with Crippen molar-refractivity contribution in [3.05, 3.63) is 12.2 Å². The number of ether oxygens (including phenoxy) is 2. The second-order valence-electron chi connectivity index (χ2n) is 6.10. The molecule has 0 saturated carbocycles. The molecule has 4 atom stereocenters. The Bertz CT molecular complexity index is 364. The fraction of sp³-hybridized carbons (Fsp3) is 0.800. The van der Waals surface area contributed by atoms with Gasteiger partial charge in [-0.1, -0.05) is 13.0 Å². The molecular weight excluding hydrogens is 292 g/mol. The molecule has 0 amide bonds. The van der Waals surface area contributed by atoms with Gasteiger partial charge in [-0.05, 0) is 38.6 Å². The van der Waals surface area contributed by atoms with Crippen molar-refractivity contribution in [2.75, 3.05) is 5.75 Å². The van der Waals surface area contributed by atoms with Crippen LogP contribution >= 0.6 is 11.8 Å². The minimum Gasteiger partial charge on any atom is -0.450 e. The molecule has 122 valence electrons. The van der Waals surface area contributed by atoms with E-state index < -0.39 is 18.3 Å². The summed E-state index contributed by atoms with van der Waals surface area (Å²) < 4.78 is 11.1. The first-order valence-corrected chi connectivity index (χ1v) is 8.25. The van der Waals surface area contributed by atoms with Crippen molar-refractivity contribution in [2.24, 2.45) is 0 Å². The van der Waals surface area contributed by atoms with Crippen LogP contribution in [0.15, 0.2) is 12.2 Å². The first-order chi connectivity index (χ1) is 9.71. The predicted molar refractivity (Wildman–Crippen MR) is 83.4 cm³/mol. The Morgan fingerprint density at radius 2 is 1.71 bits per heavy atom. The van der Waals surface area contributed by atoms with Crippen LogP contribution in [0.5, 0.6) is 0 Å². The lowest BCUT2D eigenvalue weighted by molar-refractivity contribution is -0.0802. The Balaban J connectivity index is 2.75. The Kier molecular flexibility index (Phi) is 7.20. The molecule has 0 aromatic heterocycles. The van der Waals surface area contributed by atoms with Crippen molar-refractivity contribution < 1.29 is 24.5 Å². The van der Waals surface area contributed by atoms with Gasteiger partial charge in [-0.15, -0.1) is 0 Å². The number of carbonyl (C=O) groups is 1. The highest BCUT2D eigenvalue weighted by atomic mass is 32.2. The lowest BCUT2D eigenvalue weighted by atomic mass is 9.96. The molecule has 0 aromatic carbocycles. The minimum absolute atomic E-state index is 0.190. The molecule has 2 N–H and O–H groups in total. The third-order valence-electron chi connectivity index (χ3n) is 2.95. The average molecular weight is 318 g/mol. The van der Waals surface area contributed by atoms with Gasteiger partial charge in [0.25, 0.3) is 0 Å². The molecule has 0 radical (unpaired) electrons. The predicted octanol–water partition coefficient (Wildman–Crippen LogP) is 2.50. The van der Waals surface area contributed by atoms with Gasteiger partial charge in [0, 0.05) is 18.6 Å². The van der Waals surface area contributed by atoms with Crippen LogP contribution in [0.3, 0.4) is 0 Å². The summed E-state index contributed by atoms with van der Waals surface area (Å²) in [5.41, 5.74) is -0.358. The number of thioether (sulfide) groups is 1. The van der Waals surface area contributed by atoms with Crippen LogP contribution in [-0.4, -0.2) is 51.3 Å². The Morgan fingerprint density at radius 1 is 1.19 bits per heavy atom. The van der Waals surface area contributed by atoms with Gasteiger partial charge >= 0.3 is 5.30 Å². The summed E-state index contributed by atoms with van der Waals surface area (Å²) in [5, 5.41) is 19.6. The quantitative estimate of drug-likeness (QED) is 0.615. The van der Waals surface area contributed by atoms with Crippen molar-refractivity contribution in [1.82, 2.24) is 0 Å². The third-order valence-corrected chi connectivity index (χ3v) is 3.57. The van der Waals surface area contributed by atoms with Gasteiger partial charge in [-0.2, -0.15) is 0 Å². The highest BCUT2D eigenvalue weighted by Gasteiger charge is 2.29. The molecule has 0 spiro atoms. The summed E-state index contributed by atoms with van der Waals surface area (Å²) in [4.78, 5) is 11.5. The van der Waals surface area contributed by atoms with E-state index in [1.54, 1.807) is 12.2 Å². The van der Waals surface area contributed by atoms with Crippen LogP contribution in [0, 0.1) is 0 Å². The number of rotatable bonds is 3. The van der Waals surface area contributed by atoms with E-state index in [9.17, 15) is 15.0 Å². The molecule has 6 heteroatoms. The van der Waals surface area contributed by atoms with Gasteiger partial charge in [-0.3, -0.25) is 0 Å². The van der Waals surface area contributed by atoms with E-state index in [1.807, 2.05) is 27.7 Å². The van der Waals surface area contributed by atoms with Gasteiger partial charge in [0.05, 0.1) is 23.9 Å². The zero-order valence-electron chi connectivity index (χ0n) is 13.1. The van der Waals surface area contributed by atoms with Crippen LogP contribution < -0.4 is 0 Å². The lowest BCUT2D eigenvalue weighted by Crippen LogP contribution is -2.38. The normalized spacial score (nSPS) is 32.1. The van der Waals surface area contributed by atoms with E-state index >= 15 is 0 Å². The number of carbonyl (C=O) groups excluding carboxylic acids is 1. The maximum absolute atomic E-state index is 11.5. The molecule has 0 aliphatic heterocycles. The van der Waals surface area contributed by atoms with Crippen LogP contribution in [0.4, 0.5) is 4.79 Å². The summed E-state index contributed by atoms with van der Waals surface area (Å²) in [6.07, 6.45) is 1.33. The monoisotopic (exact) mass is 318 g/mol. The zero-order chi connectivity index (χ0) is 16.0. The van der Waals surface area contributed by atoms with Gasteiger partial charge in [0.2, 0.25) is 0 Å². The smallest absolute Gasteiger partial charge is 0.367 e. The first-order valence-electron chi connectivity index (χ1n) is 7.27. The molecular formula is C15H26O5S. The standard InChI is InChI=1S/C15H26O5S/c1-5-21-14(18)19-10-6-7-11(20-15(2,3)4)9-13(17)12(16)8-10/h6-7,10-13,16-17H,5,8-9H2,1-4H3/b7-6+. The highest BCUT2D eigenvalue weighted by molar-refractivity contribution is 8.13. The largest absolute Gasteiger partial charge is 0.450 e. The van der Waals surface area contributed by atoms with Crippen molar-refractivity contribution >= 4 is 17.1 Å². The number of hydrogen-bond donors (Lipinski definition) is 2. The third kappa shape index (κ3) is 7.31. The average Bonchev–Trinajstić information content (AvgIpc) is 2.32. The molecule has 0 bridgehead atoms. The zero-order valence-corrected chi connectivity index (χ0v) is 13.9. The molecule has 1 aliphatic carbocycles. The molecule has 0 aromatic rings. The summed E-state index contributed by atoms with van der Waals surface area (Å²) in [7, 11) is 0. The highest BCUT2D eigenvalue weighted by Crippen LogP contribution is 2.22. The van der Waals surface area contributed by atoms with E-state index in [-0.39, 0.29) is 23.4 Å². The molecule has 0 fully saturated rings. The Morgan fingerprint density at radius 3 is 2.24 bits per heavy atom. The van der Waals surface area contributed by atoms with Gasteiger partial charge in [0.1, 0.15) is 6.10 Å². The molecule has 0 heterocycles. The number of aliphatic hydroxyl groups excluding tert-OH is 2. The Labute approximate surface area is 130 Å². The topological polar surface area (TPSA) is 76.0 Å². The van der Waals surface area contributed by atoms with Crippen LogP contribution in [0.1, 0.15) is 40.5 Å². The van der Waals surface area contributed by atoms with Crippen molar-refractivity contribution in [3.8, 4) is 0 Å². The fourth-order valence-corrected chi connectivity index (χ4v) is 2.53. The summed E-state index contributed by atoms with van der Waals surface area (Å²) in [6.45, 7) is 7.65. The van der Waals surface area contributed by atoms with Crippen molar-refractivity contribution in [1.29, 1.82) is 0 Å². The Hall–Kier alpha value is -0.560. The van der Waals surface area contributed by atoms with Gasteiger partial charge < -0.3 is 19.7 Å². The molecule has 4 unspecified atom stereocenters. The van der Waals surface area contributed by atoms with E-state index in [0.717, 1.165) is 11.8 Å². The van der Waals surface area contributed by atoms with Gasteiger partial charge in [0.15, 0.2) is 0 Å². The molecule has 5 nitrogen and oxygen atoms in total. The molecule has 1 aliphatic rings. The van der Waals surface area contributed by atoms with E-state index in [1.165, 1.54) is 0 Å². The molecule has 0 saturated heterocycles. The summed E-state index contributed by atoms with van der Waals surface area (Å²) in [5.74, 6) is 0.635. The first kappa shape index (κ1) is 18.5. The van der Waals surface area contributed by atoms with Crippen LogP contribution in [0.25, 0.3) is 0 Å². The summed E-state index contributed by atoms with van der Waals surface area (Å²) in [6, 6.07) is 0. The van der Waals surface area contributed by atoms with Crippen LogP contribution in [0.2, 0.25) is 0 Å². The molecule has 1 rings (SSSR count). The van der Waals surface area contributed by atoms with E-state index in [2.05, 4.69) is 0 Å². The second-order valence-corrected chi connectivity index (χ2v) is 7.30. The maximum Gasteiger partial charge on any atom is 0.367 e.